The first-order valence-electron chi connectivity index (χ1n) is 8.81. The van der Waals surface area contributed by atoms with Gasteiger partial charge in [0.25, 0.3) is 0 Å². The highest BCUT2D eigenvalue weighted by Gasteiger charge is 2.21. The lowest BCUT2D eigenvalue weighted by atomic mass is 10.1. The summed E-state index contributed by atoms with van der Waals surface area (Å²) < 4.78 is 0. The maximum atomic E-state index is 12.6. The summed E-state index contributed by atoms with van der Waals surface area (Å²) in [6.45, 7) is 5.45. The number of aryl methyl sites for hydroxylation is 2. The Morgan fingerprint density at radius 2 is 1.93 bits per heavy atom. The van der Waals surface area contributed by atoms with Crippen LogP contribution in [0.25, 0.3) is 0 Å². The van der Waals surface area contributed by atoms with Gasteiger partial charge < -0.3 is 10.6 Å². The highest BCUT2D eigenvalue weighted by molar-refractivity contribution is 7.14. The number of hydrogen-bond donors (Lipinski definition) is 2. The summed E-state index contributed by atoms with van der Waals surface area (Å²) in [5, 5.41) is 5.82. The highest BCUT2D eigenvalue weighted by Crippen LogP contribution is 2.28. The largest absolute Gasteiger partial charge is 0.337 e. The lowest BCUT2D eigenvalue weighted by Crippen LogP contribution is -2.30. The Balaban J connectivity index is 1.53. The Kier molecular flexibility index (Phi) is 5.81. The van der Waals surface area contributed by atoms with Crippen molar-refractivity contribution in [2.45, 2.75) is 32.6 Å². The summed E-state index contributed by atoms with van der Waals surface area (Å²) in [4.78, 5) is 41.5. The van der Waals surface area contributed by atoms with Crippen LogP contribution in [0.2, 0.25) is 0 Å². The average Bonchev–Trinajstić information content (AvgIpc) is 3.23. The molecular weight excluding hydrogens is 362 g/mol. The predicted molar refractivity (Wildman–Crippen MR) is 105 cm³/mol. The molecule has 6 nitrogen and oxygen atoms in total. The predicted octanol–water partition coefficient (Wildman–Crippen LogP) is 3.52. The minimum absolute atomic E-state index is 0.0775. The number of thiazole rings is 1. The second-order valence-electron chi connectivity index (χ2n) is 6.48. The Hall–Kier alpha value is -2.80. The maximum absolute atomic E-state index is 12.6. The number of hydrogen-bond acceptors (Lipinski definition) is 5. The molecule has 0 aliphatic heterocycles. The molecule has 2 N–H and O–H groups in total. The van der Waals surface area contributed by atoms with Gasteiger partial charge in [0.2, 0.25) is 5.78 Å². The molecule has 7 heteroatoms. The molecule has 0 atom stereocenters. The molecule has 1 aliphatic carbocycles. The van der Waals surface area contributed by atoms with Crippen molar-refractivity contribution in [3.05, 3.63) is 57.6 Å². The minimum Gasteiger partial charge on any atom is -0.337 e. The summed E-state index contributed by atoms with van der Waals surface area (Å²) in [6.07, 6.45) is 3.30. The molecule has 0 saturated carbocycles. The van der Waals surface area contributed by atoms with E-state index in [2.05, 4.69) is 22.2 Å². The summed E-state index contributed by atoms with van der Waals surface area (Å²) in [5.74, 6) is -0.171. The van der Waals surface area contributed by atoms with E-state index in [9.17, 15) is 14.4 Å². The number of aromatic nitrogens is 1. The van der Waals surface area contributed by atoms with E-state index >= 15 is 0 Å². The fourth-order valence-corrected chi connectivity index (χ4v) is 3.91. The van der Waals surface area contributed by atoms with E-state index in [0.717, 1.165) is 25.0 Å². The van der Waals surface area contributed by atoms with Crippen molar-refractivity contribution >= 4 is 34.6 Å². The molecule has 0 saturated heterocycles. The third-order valence-electron chi connectivity index (χ3n) is 4.31. The molecule has 2 aromatic rings. The first kappa shape index (κ1) is 19.0. The van der Waals surface area contributed by atoms with Crippen LogP contribution >= 0.6 is 11.3 Å². The van der Waals surface area contributed by atoms with Gasteiger partial charge in [-0.2, -0.15) is 0 Å². The Morgan fingerprint density at radius 1 is 1.19 bits per heavy atom. The fourth-order valence-electron chi connectivity index (χ4n) is 2.79. The number of ketones is 2. The van der Waals surface area contributed by atoms with Crippen molar-refractivity contribution in [3.63, 3.8) is 0 Å². The molecule has 0 bridgehead atoms. The summed E-state index contributed by atoms with van der Waals surface area (Å²) >= 11 is 1.48. The van der Waals surface area contributed by atoms with E-state index in [4.69, 9.17) is 0 Å². The van der Waals surface area contributed by atoms with Crippen LogP contribution in [0.5, 0.6) is 0 Å². The van der Waals surface area contributed by atoms with Crippen molar-refractivity contribution in [3.8, 4) is 0 Å². The van der Waals surface area contributed by atoms with Crippen LogP contribution in [0.15, 0.2) is 36.4 Å². The normalized spacial score (nSPS) is 12.3. The van der Waals surface area contributed by atoms with Gasteiger partial charge >= 0.3 is 6.03 Å². The van der Waals surface area contributed by atoms with E-state index in [1.807, 2.05) is 0 Å². The van der Waals surface area contributed by atoms with E-state index < -0.39 is 6.03 Å². The zero-order valence-corrected chi connectivity index (χ0v) is 15.9. The van der Waals surface area contributed by atoms with Gasteiger partial charge in [0.1, 0.15) is 0 Å². The first-order chi connectivity index (χ1) is 12.9. The molecule has 1 aliphatic rings. The molecular formula is C20H21N3O3S. The maximum Gasteiger partial charge on any atom is 0.319 e. The zero-order chi connectivity index (χ0) is 19.4. The van der Waals surface area contributed by atoms with Gasteiger partial charge in [-0.05, 0) is 56.0 Å². The Morgan fingerprint density at radius 3 is 2.59 bits per heavy atom. The van der Waals surface area contributed by atoms with Gasteiger partial charge in [-0.25, -0.2) is 9.78 Å². The van der Waals surface area contributed by atoms with Crippen LogP contribution in [0.3, 0.4) is 0 Å². The molecule has 1 aromatic carbocycles. The third kappa shape index (κ3) is 4.68. The number of allylic oxidation sites excluding steroid dienone is 1. The summed E-state index contributed by atoms with van der Waals surface area (Å²) in [7, 11) is 0. The van der Waals surface area contributed by atoms with Crippen molar-refractivity contribution in [2.75, 3.05) is 11.9 Å². The second kappa shape index (κ2) is 8.26. The highest BCUT2D eigenvalue weighted by atomic mass is 32.1. The topological polar surface area (TPSA) is 88.2 Å². The molecule has 140 valence electrons. The van der Waals surface area contributed by atoms with Gasteiger partial charge in [-0.3, -0.25) is 9.59 Å². The van der Waals surface area contributed by atoms with Crippen LogP contribution in [0, 0.1) is 0 Å². The minimum atomic E-state index is -0.403. The number of anilines is 1. The van der Waals surface area contributed by atoms with Crippen LogP contribution < -0.4 is 10.6 Å². The number of urea groups is 1. The van der Waals surface area contributed by atoms with E-state index in [1.165, 1.54) is 16.2 Å². The smallest absolute Gasteiger partial charge is 0.319 e. The molecule has 27 heavy (non-hydrogen) atoms. The number of nitrogens with one attached hydrogen (secondary N) is 2. The van der Waals surface area contributed by atoms with Crippen LogP contribution in [0.4, 0.5) is 10.5 Å². The van der Waals surface area contributed by atoms with Gasteiger partial charge in [0, 0.05) is 29.1 Å². The van der Waals surface area contributed by atoms with Crippen molar-refractivity contribution in [1.29, 1.82) is 0 Å². The lowest BCUT2D eigenvalue weighted by Gasteiger charge is -2.08. The first-order valence-corrected chi connectivity index (χ1v) is 9.62. The van der Waals surface area contributed by atoms with Crippen molar-refractivity contribution < 1.29 is 14.4 Å². The molecule has 0 radical (unpaired) electrons. The molecule has 2 amide bonds. The number of nitrogens with zero attached hydrogens (tertiary/aromatic N) is 1. The van der Waals surface area contributed by atoms with Crippen molar-refractivity contribution in [1.82, 2.24) is 10.3 Å². The molecule has 3 rings (SSSR count). The number of carbonyl (C=O) groups is 3. The fraction of sp³-hybridized carbons (Fsp3) is 0.300. The molecule has 1 aromatic heterocycles. The van der Waals surface area contributed by atoms with Crippen molar-refractivity contribution in [2.24, 2.45) is 0 Å². The number of rotatable bonds is 7. The van der Waals surface area contributed by atoms with Gasteiger partial charge in [-0.1, -0.05) is 6.58 Å². The standard InChI is InChI=1S/C20H21N3O3S/c1-12(2)16(24)10-11-21-20(26)22-14-8-6-13(7-9-14)18(25)19-23-15-4-3-5-17(15)27-19/h6-9H,1,3-5,10-11H2,2H3,(H2,21,22,26). The van der Waals surface area contributed by atoms with Gasteiger partial charge in [0.15, 0.2) is 10.8 Å². The number of carbonyl (C=O) groups excluding carboxylic acids is 3. The molecule has 0 fully saturated rings. The molecule has 0 spiro atoms. The van der Waals surface area contributed by atoms with Crippen LogP contribution in [-0.2, 0) is 17.6 Å². The van der Waals surface area contributed by atoms with Gasteiger partial charge in [-0.15, -0.1) is 11.3 Å². The monoisotopic (exact) mass is 383 g/mol. The van der Waals surface area contributed by atoms with Crippen LogP contribution in [-0.4, -0.2) is 29.1 Å². The van der Waals surface area contributed by atoms with E-state index in [-0.39, 0.29) is 24.5 Å². The second-order valence-corrected chi connectivity index (χ2v) is 7.57. The zero-order valence-electron chi connectivity index (χ0n) is 15.1. The molecule has 1 heterocycles. The summed E-state index contributed by atoms with van der Waals surface area (Å²) in [5.41, 5.74) is 2.64. The Bertz CT molecular complexity index is 878. The van der Waals surface area contributed by atoms with Crippen LogP contribution in [0.1, 0.15) is 45.7 Å². The number of fused-ring (bicyclic) bond motifs is 1. The van der Waals surface area contributed by atoms with E-state index in [1.54, 1.807) is 31.2 Å². The number of benzene rings is 1. The number of amides is 2. The Labute approximate surface area is 161 Å². The van der Waals surface area contributed by atoms with E-state index in [0.29, 0.717) is 21.8 Å². The quantitative estimate of drug-likeness (QED) is 0.566. The third-order valence-corrected chi connectivity index (χ3v) is 5.46. The lowest BCUT2D eigenvalue weighted by molar-refractivity contribution is -0.115. The average molecular weight is 383 g/mol. The number of Topliss-reactive ketones (excluding diaryl/α,β-unsaturated/α-hetero) is 1. The van der Waals surface area contributed by atoms with Gasteiger partial charge in [0.05, 0.1) is 5.69 Å². The SMILES string of the molecule is C=C(C)C(=O)CCNC(=O)Nc1ccc(C(=O)c2nc3c(s2)CCC3)cc1. The molecule has 0 unspecified atom stereocenters. The summed E-state index contributed by atoms with van der Waals surface area (Å²) in [6, 6.07) is 6.30.